The molecule has 3 heteroatoms. The maximum Gasteiger partial charge on any atom is 0.170 e. The summed E-state index contributed by atoms with van der Waals surface area (Å²) in [7, 11) is 0. The summed E-state index contributed by atoms with van der Waals surface area (Å²) in [6.45, 7) is 2.51. The van der Waals surface area contributed by atoms with Gasteiger partial charge in [-0.2, -0.15) is 0 Å². The van der Waals surface area contributed by atoms with Gasteiger partial charge in [0.05, 0.1) is 12.0 Å². The van der Waals surface area contributed by atoms with Crippen molar-refractivity contribution in [2.75, 3.05) is 6.61 Å². The first-order valence-electron chi connectivity index (χ1n) is 6.03. The number of hydrogen-bond donors (Lipinski definition) is 0. The highest BCUT2D eigenvalue weighted by Gasteiger charge is 2.53. The van der Waals surface area contributed by atoms with Crippen molar-refractivity contribution in [2.45, 2.75) is 19.4 Å². The quantitative estimate of drug-likeness (QED) is 0.781. The Balaban J connectivity index is 1.99. The van der Waals surface area contributed by atoms with Crippen molar-refractivity contribution < 1.29 is 14.3 Å². The van der Waals surface area contributed by atoms with Crippen LogP contribution in [0.15, 0.2) is 24.3 Å². The second-order valence-electron chi connectivity index (χ2n) is 4.64. The summed E-state index contributed by atoms with van der Waals surface area (Å²) in [6.07, 6.45) is 0.632. The van der Waals surface area contributed by atoms with Crippen LogP contribution in [0.1, 0.15) is 34.1 Å². The van der Waals surface area contributed by atoms with E-state index in [0.29, 0.717) is 24.2 Å². The average molecular weight is 230 g/mol. The van der Waals surface area contributed by atoms with E-state index in [2.05, 4.69) is 0 Å². The second-order valence-corrected chi connectivity index (χ2v) is 4.64. The molecule has 17 heavy (non-hydrogen) atoms. The van der Waals surface area contributed by atoms with Gasteiger partial charge in [0.2, 0.25) is 0 Å². The van der Waals surface area contributed by atoms with Crippen molar-refractivity contribution >= 4 is 11.6 Å². The molecule has 88 valence electrons. The highest BCUT2D eigenvalue weighted by atomic mass is 16.5. The first-order chi connectivity index (χ1) is 8.24. The minimum atomic E-state index is -0.239. The largest absolute Gasteiger partial charge is 0.378 e. The Labute approximate surface area is 99.8 Å². The van der Waals surface area contributed by atoms with E-state index >= 15 is 0 Å². The second kappa shape index (κ2) is 3.77. The number of hydrogen-bond acceptors (Lipinski definition) is 3. The van der Waals surface area contributed by atoms with Crippen molar-refractivity contribution in [2.24, 2.45) is 11.8 Å². The maximum atomic E-state index is 12.3. The summed E-state index contributed by atoms with van der Waals surface area (Å²) in [6, 6.07) is 7.11. The molecule has 1 fully saturated rings. The van der Waals surface area contributed by atoms with Gasteiger partial charge in [-0.3, -0.25) is 9.59 Å². The van der Waals surface area contributed by atoms with Gasteiger partial charge in [-0.1, -0.05) is 24.3 Å². The highest BCUT2D eigenvalue weighted by molar-refractivity contribution is 6.17. The van der Waals surface area contributed by atoms with E-state index in [1.165, 1.54) is 0 Å². The molecule has 0 radical (unpaired) electrons. The van der Waals surface area contributed by atoms with Crippen molar-refractivity contribution in [3.8, 4) is 0 Å². The van der Waals surface area contributed by atoms with Crippen molar-refractivity contribution in [1.29, 1.82) is 0 Å². The number of ether oxygens (including phenoxy) is 1. The Kier molecular flexibility index (Phi) is 2.37. The van der Waals surface area contributed by atoms with Gasteiger partial charge in [-0.15, -0.1) is 0 Å². The summed E-state index contributed by atoms with van der Waals surface area (Å²) in [5, 5.41) is 0. The molecule has 1 aromatic carbocycles. The van der Waals surface area contributed by atoms with Crippen LogP contribution in [-0.2, 0) is 4.74 Å². The fraction of sp³-hybridized carbons (Fsp3) is 0.429. The number of ketones is 2. The van der Waals surface area contributed by atoms with Crippen molar-refractivity contribution in [1.82, 2.24) is 0 Å². The Hall–Kier alpha value is -1.48. The first-order valence-corrected chi connectivity index (χ1v) is 6.03. The summed E-state index contributed by atoms with van der Waals surface area (Å²) < 4.78 is 5.51. The molecule has 0 saturated heterocycles. The molecule has 0 bridgehead atoms. The molecule has 0 aliphatic heterocycles. The number of fused-ring (bicyclic) bond motifs is 2. The number of benzene rings is 1. The van der Waals surface area contributed by atoms with E-state index < -0.39 is 0 Å². The fourth-order valence-corrected chi connectivity index (χ4v) is 2.91. The van der Waals surface area contributed by atoms with Crippen LogP contribution in [0.3, 0.4) is 0 Å². The van der Waals surface area contributed by atoms with Gasteiger partial charge in [0.25, 0.3) is 0 Å². The van der Waals surface area contributed by atoms with Crippen LogP contribution in [-0.4, -0.2) is 24.3 Å². The molecule has 0 spiro atoms. The van der Waals surface area contributed by atoms with Gasteiger partial charge in [-0.05, 0) is 13.3 Å². The predicted octanol–water partition coefficient (Wildman–Crippen LogP) is 2.11. The van der Waals surface area contributed by atoms with E-state index in [-0.39, 0.29) is 29.5 Å². The summed E-state index contributed by atoms with van der Waals surface area (Å²) in [5.41, 5.74) is 1.16. The molecule has 0 amide bonds. The normalized spacial score (nSPS) is 30.5. The molecule has 0 heterocycles. The molecule has 1 aromatic rings. The van der Waals surface area contributed by atoms with Crippen molar-refractivity contribution in [3.63, 3.8) is 0 Å². The average Bonchev–Trinajstić information content (AvgIpc) is 2.32. The summed E-state index contributed by atoms with van der Waals surface area (Å²) >= 11 is 0. The minimum absolute atomic E-state index is 0.0604. The molecule has 0 aromatic heterocycles. The molecule has 3 atom stereocenters. The van der Waals surface area contributed by atoms with Crippen LogP contribution < -0.4 is 0 Å². The van der Waals surface area contributed by atoms with Gasteiger partial charge in [-0.25, -0.2) is 0 Å². The number of Topliss-reactive ketones (excluding diaryl/α,β-unsaturated/α-hetero) is 2. The van der Waals surface area contributed by atoms with E-state index in [9.17, 15) is 9.59 Å². The van der Waals surface area contributed by atoms with Crippen LogP contribution in [0, 0.1) is 11.8 Å². The molecular formula is C14H14O3. The lowest BCUT2D eigenvalue weighted by Crippen LogP contribution is -2.54. The lowest BCUT2D eigenvalue weighted by atomic mass is 9.60. The highest BCUT2D eigenvalue weighted by Crippen LogP contribution is 2.45. The number of carbonyl (C=O) groups is 2. The molecule has 1 saturated carbocycles. The molecule has 2 aliphatic rings. The summed E-state index contributed by atoms with van der Waals surface area (Å²) in [4.78, 5) is 24.4. The topological polar surface area (TPSA) is 43.4 Å². The molecule has 3 unspecified atom stereocenters. The lowest BCUT2D eigenvalue weighted by Gasteiger charge is -2.45. The van der Waals surface area contributed by atoms with Gasteiger partial charge in [0, 0.05) is 23.7 Å². The molecule has 2 aliphatic carbocycles. The minimum Gasteiger partial charge on any atom is -0.378 e. The predicted molar refractivity (Wildman–Crippen MR) is 62.1 cm³/mol. The SMILES string of the molecule is CCOC1CC2C(=O)c3ccccc3C(=O)C12. The van der Waals surface area contributed by atoms with Crippen LogP contribution in [0.2, 0.25) is 0 Å². The van der Waals surface area contributed by atoms with Gasteiger partial charge >= 0.3 is 0 Å². The standard InChI is InChI=1S/C14H14O3/c1-2-17-11-7-10-12(11)14(16)9-6-4-3-5-8(9)13(10)15/h3-6,10-12H,2,7H2,1H3. The molecule has 0 N–H and O–H groups in total. The van der Waals surface area contributed by atoms with E-state index in [1.807, 2.05) is 13.0 Å². The van der Waals surface area contributed by atoms with Crippen LogP contribution >= 0.6 is 0 Å². The lowest BCUT2D eigenvalue weighted by molar-refractivity contribution is -0.0584. The first kappa shape index (κ1) is 10.7. The molecule has 3 nitrogen and oxygen atoms in total. The van der Waals surface area contributed by atoms with E-state index in [1.54, 1.807) is 18.2 Å². The van der Waals surface area contributed by atoms with E-state index in [4.69, 9.17) is 4.74 Å². The van der Waals surface area contributed by atoms with Crippen LogP contribution in [0.5, 0.6) is 0 Å². The third-order valence-electron chi connectivity index (χ3n) is 3.80. The Morgan fingerprint density at radius 3 is 2.47 bits per heavy atom. The number of carbonyl (C=O) groups excluding carboxylic acids is 2. The molecule has 3 rings (SSSR count). The van der Waals surface area contributed by atoms with Gasteiger partial charge in [0.1, 0.15) is 0 Å². The van der Waals surface area contributed by atoms with E-state index in [0.717, 1.165) is 0 Å². The monoisotopic (exact) mass is 230 g/mol. The third kappa shape index (κ3) is 1.39. The third-order valence-corrected chi connectivity index (χ3v) is 3.80. The zero-order valence-electron chi connectivity index (χ0n) is 9.68. The Morgan fingerprint density at radius 2 is 1.82 bits per heavy atom. The van der Waals surface area contributed by atoms with Gasteiger partial charge in [0.15, 0.2) is 11.6 Å². The maximum absolute atomic E-state index is 12.3. The van der Waals surface area contributed by atoms with Crippen molar-refractivity contribution in [3.05, 3.63) is 35.4 Å². The van der Waals surface area contributed by atoms with Crippen LogP contribution in [0.25, 0.3) is 0 Å². The zero-order valence-corrected chi connectivity index (χ0v) is 9.68. The van der Waals surface area contributed by atoms with Crippen LogP contribution in [0.4, 0.5) is 0 Å². The smallest absolute Gasteiger partial charge is 0.170 e. The Bertz CT molecular complexity index is 492. The summed E-state index contributed by atoms with van der Waals surface area (Å²) in [5.74, 6) is -0.192. The zero-order chi connectivity index (χ0) is 12.0. The fourth-order valence-electron chi connectivity index (χ4n) is 2.91. The Morgan fingerprint density at radius 1 is 1.18 bits per heavy atom. The number of rotatable bonds is 2. The molecular weight excluding hydrogens is 216 g/mol. The van der Waals surface area contributed by atoms with Gasteiger partial charge < -0.3 is 4.74 Å².